The van der Waals surface area contributed by atoms with Crippen LogP contribution in [0, 0.1) is 11.7 Å². The van der Waals surface area contributed by atoms with Crippen molar-refractivity contribution >= 4 is 0 Å². The maximum Gasteiger partial charge on any atom is 0.165 e. The normalized spacial score (nSPS) is 11.0. The highest BCUT2D eigenvalue weighted by Crippen LogP contribution is 2.16. The largest absolute Gasteiger partial charge is 0.505 e. The number of benzene rings is 1. The van der Waals surface area contributed by atoms with Crippen molar-refractivity contribution in [1.29, 1.82) is 0 Å². The summed E-state index contributed by atoms with van der Waals surface area (Å²) in [6, 6.07) is 4.50. The van der Waals surface area contributed by atoms with Gasteiger partial charge in [0.15, 0.2) is 11.6 Å². The van der Waals surface area contributed by atoms with E-state index >= 15 is 0 Å². The molecule has 0 amide bonds. The average Bonchev–Trinajstić information content (AvgIpc) is 2.29. The van der Waals surface area contributed by atoms with Gasteiger partial charge in [0.05, 0.1) is 0 Å². The van der Waals surface area contributed by atoms with E-state index in [1.54, 1.807) is 6.07 Å². The van der Waals surface area contributed by atoms with E-state index < -0.39 is 5.82 Å². The van der Waals surface area contributed by atoms with Gasteiger partial charge in [0, 0.05) is 6.54 Å². The SMILES string of the molecule is CCC(CC)CNCc1ccc(O)c(F)c1. The van der Waals surface area contributed by atoms with E-state index in [-0.39, 0.29) is 5.75 Å². The summed E-state index contributed by atoms with van der Waals surface area (Å²) >= 11 is 0. The summed E-state index contributed by atoms with van der Waals surface area (Å²) in [6.45, 7) is 5.95. The van der Waals surface area contributed by atoms with Gasteiger partial charge >= 0.3 is 0 Å². The van der Waals surface area contributed by atoms with Crippen molar-refractivity contribution in [3.05, 3.63) is 29.6 Å². The Hall–Kier alpha value is -1.09. The van der Waals surface area contributed by atoms with Crippen LogP contribution in [0.4, 0.5) is 4.39 Å². The Kier molecular flexibility index (Phi) is 5.26. The van der Waals surface area contributed by atoms with E-state index in [0.29, 0.717) is 12.5 Å². The number of aromatic hydroxyl groups is 1. The maximum atomic E-state index is 13.0. The zero-order valence-electron chi connectivity index (χ0n) is 9.96. The molecule has 0 atom stereocenters. The Morgan fingerprint density at radius 1 is 1.31 bits per heavy atom. The zero-order valence-corrected chi connectivity index (χ0v) is 9.96. The Bertz CT molecular complexity index is 324. The predicted molar refractivity (Wildman–Crippen MR) is 63.8 cm³/mol. The first-order chi connectivity index (χ1) is 7.67. The summed E-state index contributed by atoms with van der Waals surface area (Å²) in [5.74, 6) is -0.160. The number of halogens is 1. The van der Waals surface area contributed by atoms with E-state index in [4.69, 9.17) is 5.11 Å². The van der Waals surface area contributed by atoms with Crippen LogP contribution in [0.15, 0.2) is 18.2 Å². The molecule has 0 aliphatic carbocycles. The summed E-state index contributed by atoms with van der Waals surface area (Å²) in [6.07, 6.45) is 2.32. The highest BCUT2D eigenvalue weighted by Gasteiger charge is 2.04. The molecule has 1 aromatic rings. The summed E-state index contributed by atoms with van der Waals surface area (Å²) < 4.78 is 13.0. The summed E-state index contributed by atoms with van der Waals surface area (Å²) in [5, 5.41) is 12.3. The second-order valence-corrected chi connectivity index (χ2v) is 4.10. The first-order valence-electron chi connectivity index (χ1n) is 5.85. The lowest BCUT2D eigenvalue weighted by atomic mass is 10.0. The Morgan fingerprint density at radius 2 is 2.00 bits per heavy atom. The topological polar surface area (TPSA) is 32.3 Å². The molecule has 90 valence electrons. The number of rotatable bonds is 6. The second kappa shape index (κ2) is 6.48. The third-order valence-electron chi connectivity index (χ3n) is 2.93. The average molecular weight is 225 g/mol. The number of hydrogen-bond donors (Lipinski definition) is 2. The molecule has 0 spiro atoms. The molecule has 2 nitrogen and oxygen atoms in total. The third-order valence-corrected chi connectivity index (χ3v) is 2.93. The lowest BCUT2D eigenvalue weighted by molar-refractivity contribution is 0.429. The third kappa shape index (κ3) is 3.81. The Morgan fingerprint density at radius 3 is 2.56 bits per heavy atom. The molecule has 0 aliphatic rings. The minimum atomic E-state index is -0.554. The van der Waals surface area contributed by atoms with Crippen molar-refractivity contribution in [2.24, 2.45) is 5.92 Å². The predicted octanol–water partition coefficient (Wildman–Crippen LogP) is 3.06. The Labute approximate surface area is 96.5 Å². The van der Waals surface area contributed by atoms with Crippen LogP contribution in [0.1, 0.15) is 32.3 Å². The number of phenols is 1. The van der Waals surface area contributed by atoms with Crippen LogP contribution in [-0.4, -0.2) is 11.7 Å². The van der Waals surface area contributed by atoms with E-state index in [2.05, 4.69) is 19.2 Å². The number of phenolic OH excluding ortho intramolecular Hbond substituents is 1. The summed E-state index contributed by atoms with van der Waals surface area (Å²) in [4.78, 5) is 0. The van der Waals surface area contributed by atoms with Crippen molar-refractivity contribution in [3.63, 3.8) is 0 Å². The van der Waals surface area contributed by atoms with Crippen LogP contribution in [0.3, 0.4) is 0 Å². The molecular formula is C13H20FNO. The fraction of sp³-hybridized carbons (Fsp3) is 0.538. The van der Waals surface area contributed by atoms with Gasteiger partial charge in [-0.1, -0.05) is 32.8 Å². The van der Waals surface area contributed by atoms with Crippen LogP contribution < -0.4 is 5.32 Å². The standard InChI is InChI=1S/C13H20FNO/c1-3-10(4-2)8-15-9-11-5-6-13(16)12(14)7-11/h5-7,10,15-16H,3-4,8-9H2,1-2H3. The Balaban J connectivity index is 2.40. The lowest BCUT2D eigenvalue weighted by Crippen LogP contribution is -2.21. The van der Waals surface area contributed by atoms with Crippen molar-refractivity contribution < 1.29 is 9.50 Å². The smallest absolute Gasteiger partial charge is 0.165 e. The van der Waals surface area contributed by atoms with Gasteiger partial charge in [0.2, 0.25) is 0 Å². The van der Waals surface area contributed by atoms with Gasteiger partial charge < -0.3 is 10.4 Å². The summed E-state index contributed by atoms with van der Waals surface area (Å²) in [7, 11) is 0. The second-order valence-electron chi connectivity index (χ2n) is 4.10. The molecule has 0 aromatic heterocycles. The number of nitrogens with one attached hydrogen (secondary N) is 1. The highest BCUT2D eigenvalue weighted by molar-refractivity contribution is 5.27. The van der Waals surface area contributed by atoms with Gasteiger partial charge in [0.25, 0.3) is 0 Å². The first-order valence-corrected chi connectivity index (χ1v) is 5.85. The molecule has 0 fully saturated rings. The van der Waals surface area contributed by atoms with Gasteiger partial charge in [-0.05, 0) is 30.2 Å². The van der Waals surface area contributed by atoms with Crippen molar-refractivity contribution in [2.75, 3.05) is 6.54 Å². The van der Waals surface area contributed by atoms with Crippen molar-refractivity contribution in [3.8, 4) is 5.75 Å². The lowest BCUT2D eigenvalue weighted by Gasteiger charge is -2.13. The van der Waals surface area contributed by atoms with Gasteiger partial charge in [0.1, 0.15) is 0 Å². The molecule has 1 aromatic carbocycles. The van der Waals surface area contributed by atoms with Crippen LogP contribution >= 0.6 is 0 Å². The van der Waals surface area contributed by atoms with E-state index in [1.807, 2.05) is 0 Å². The highest BCUT2D eigenvalue weighted by atomic mass is 19.1. The molecule has 0 aliphatic heterocycles. The van der Waals surface area contributed by atoms with Gasteiger partial charge in [-0.25, -0.2) is 4.39 Å². The van der Waals surface area contributed by atoms with Crippen LogP contribution in [-0.2, 0) is 6.54 Å². The molecule has 2 N–H and O–H groups in total. The molecule has 16 heavy (non-hydrogen) atoms. The first kappa shape index (κ1) is 13.0. The van der Waals surface area contributed by atoms with Crippen LogP contribution in [0.2, 0.25) is 0 Å². The summed E-state index contributed by atoms with van der Waals surface area (Å²) in [5.41, 5.74) is 0.862. The van der Waals surface area contributed by atoms with Crippen molar-refractivity contribution in [1.82, 2.24) is 5.32 Å². The molecule has 1 rings (SSSR count). The van der Waals surface area contributed by atoms with E-state index in [0.717, 1.165) is 24.9 Å². The molecule has 0 unspecified atom stereocenters. The van der Waals surface area contributed by atoms with E-state index in [9.17, 15) is 4.39 Å². The minimum Gasteiger partial charge on any atom is -0.505 e. The zero-order chi connectivity index (χ0) is 12.0. The van der Waals surface area contributed by atoms with Crippen molar-refractivity contribution in [2.45, 2.75) is 33.2 Å². The fourth-order valence-electron chi connectivity index (χ4n) is 1.66. The molecule has 0 heterocycles. The molecular weight excluding hydrogens is 205 g/mol. The maximum absolute atomic E-state index is 13.0. The fourth-order valence-corrected chi connectivity index (χ4v) is 1.66. The number of hydrogen-bond acceptors (Lipinski definition) is 2. The van der Waals surface area contributed by atoms with E-state index in [1.165, 1.54) is 12.1 Å². The molecule has 0 saturated carbocycles. The molecule has 0 saturated heterocycles. The molecule has 0 radical (unpaired) electrons. The van der Waals surface area contributed by atoms with Gasteiger partial charge in [-0.15, -0.1) is 0 Å². The van der Waals surface area contributed by atoms with Gasteiger partial charge in [-0.2, -0.15) is 0 Å². The quantitative estimate of drug-likeness (QED) is 0.780. The minimum absolute atomic E-state index is 0.288. The molecule has 0 bridgehead atoms. The van der Waals surface area contributed by atoms with Crippen LogP contribution in [0.25, 0.3) is 0 Å². The van der Waals surface area contributed by atoms with Crippen LogP contribution in [0.5, 0.6) is 5.75 Å². The molecule has 3 heteroatoms. The monoisotopic (exact) mass is 225 g/mol. The van der Waals surface area contributed by atoms with Gasteiger partial charge in [-0.3, -0.25) is 0 Å².